The van der Waals surface area contributed by atoms with Crippen LogP contribution in [0.2, 0.25) is 0 Å². The largest absolute Gasteiger partial charge is 0.497 e. The highest BCUT2D eigenvalue weighted by Gasteiger charge is 2.24. The van der Waals surface area contributed by atoms with E-state index in [0.29, 0.717) is 13.1 Å². The summed E-state index contributed by atoms with van der Waals surface area (Å²) in [5.41, 5.74) is 1.81. The van der Waals surface area contributed by atoms with Gasteiger partial charge in [0.1, 0.15) is 5.75 Å². The van der Waals surface area contributed by atoms with Crippen LogP contribution < -0.4 is 15.4 Å². The molecule has 0 aliphatic carbocycles. The molecule has 0 aromatic heterocycles. The van der Waals surface area contributed by atoms with Crippen LogP contribution in [0.1, 0.15) is 37.9 Å². The lowest BCUT2D eigenvalue weighted by Gasteiger charge is -2.34. The summed E-state index contributed by atoms with van der Waals surface area (Å²) in [6.07, 6.45) is 0. The van der Waals surface area contributed by atoms with Gasteiger partial charge in [0.05, 0.1) is 26.2 Å². The van der Waals surface area contributed by atoms with Crippen LogP contribution in [0.25, 0.3) is 0 Å². The summed E-state index contributed by atoms with van der Waals surface area (Å²) >= 11 is 0. The van der Waals surface area contributed by atoms with E-state index in [1.165, 1.54) is 0 Å². The van der Waals surface area contributed by atoms with E-state index in [-0.39, 0.29) is 23.4 Å². The fraction of sp³-hybridized carbons (Fsp3) is 0.462. The van der Waals surface area contributed by atoms with Crippen LogP contribution in [-0.2, 0) is 9.59 Å². The molecule has 33 heavy (non-hydrogen) atoms. The molecule has 2 aromatic carbocycles. The lowest BCUT2D eigenvalue weighted by atomic mass is 9.98. The number of nitrogens with one attached hydrogen (secondary N) is 2. The van der Waals surface area contributed by atoms with Gasteiger partial charge in [-0.2, -0.15) is 0 Å². The normalized spacial score (nSPS) is 16.1. The molecule has 1 atom stereocenters. The monoisotopic (exact) mass is 452 g/mol. The lowest BCUT2D eigenvalue weighted by Crippen LogP contribution is -2.53. The molecular weight excluding hydrogens is 416 g/mol. The predicted octanol–water partition coefficient (Wildman–Crippen LogP) is 2.43. The van der Waals surface area contributed by atoms with Crippen LogP contribution in [0.4, 0.5) is 0 Å². The molecule has 3 rings (SSSR count). The summed E-state index contributed by atoms with van der Waals surface area (Å²) in [5.74, 6) is 0.809. The summed E-state index contributed by atoms with van der Waals surface area (Å²) in [6, 6.07) is 17.5. The number of nitrogens with zero attached hydrogens (tertiary/aromatic N) is 2. The van der Waals surface area contributed by atoms with Crippen molar-refractivity contribution >= 4 is 11.8 Å². The Morgan fingerprint density at radius 1 is 0.848 bits per heavy atom. The van der Waals surface area contributed by atoms with Crippen molar-refractivity contribution in [3.63, 3.8) is 0 Å². The smallest absolute Gasteiger partial charge is 0.234 e. The maximum atomic E-state index is 13.0. The Morgan fingerprint density at radius 2 is 1.36 bits per heavy atom. The first-order valence-corrected chi connectivity index (χ1v) is 11.5. The zero-order chi connectivity index (χ0) is 23.8. The summed E-state index contributed by atoms with van der Waals surface area (Å²) < 4.78 is 5.27. The van der Waals surface area contributed by atoms with Gasteiger partial charge in [-0.15, -0.1) is 0 Å². The maximum Gasteiger partial charge on any atom is 0.234 e. The molecular formula is C26H36N4O3. The zero-order valence-electron chi connectivity index (χ0n) is 20.1. The van der Waals surface area contributed by atoms with E-state index >= 15 is 0 Å². The number of hydrogen-bond donors (Lipinski definition) is 2. The third-order valence-electron chi connectivity index (χ3n) is 5.60. The molecule has 7 heteroatoms. The van der Waals surface area contributed by atoms with Crippen molar-refractivity contribution in [3.8, 4) is 5.75 Å². The Morgan fingerprint density at radius 3 is 1.88 bits per heavy atom. The number of amides is 2. The standard InChI is InChI=1S/C26H36N4O3/c1-26(2,3)28-24(32)19-30-16-14-29(15-17-30)18-23(31)27-25(20-8-6-5-7-9-20)21-10-12-22(33-4)13-11-21/h5-13,25H,14-19H2,1-4H3,(H,27,31)(H,28,32)/t25-/m1/s1. The Balaban J connectivity index is 1.55. The van der Waals surface area contributed by atoms with Crippen LogP contribution >= 0.6 is 0 Å². The van der Waals surface area contributed by atoms with Gasteiger partial charge in [-0.05, 0) is 44.0 Å². The molecule has 0 radical (unpaired) electrons. The van der Waals surface area contributed by atoms with E-state index in [9.17, 15) is 9.59 Å². The quantitative estimate of drug-likeness (QED) is 0.644. The molecule has 0 bridgehead atoms. The van der Waals surface area contributed by atoms with Crippen molar-refractivity contribution in [2.24, 2.45) is 0 Å². The first-order valence-electron chi connectivity index (χ1n) is 11.5. The molecule has 1 fully saturated rings. The molecule has 2 aromatic rings. The minimum Gasteiger partial charge on any atom is -0.497 e. The van der Waals surface area contributed by atoms with Crippen molar-refractivity contribution in [1.29, 1.82) is 0 Å². The van der Waals surface area contributed by atoms with Crippen LogP contribution in [0.3, 0.4) is 0 Å². The highest BCUT2D eigenvalue weighted by atomic mass is 16.5. The molecule has 178 valence electrons. The SMILES string of the molecule is COc1ccc([C@H](NC(=O)CN2CCN(CC(=O)NC(C)(C)C)CC2)c2ccccc2)cc1. The van der Waals surface area contributed by atoms with Crippen LogP contribution in [-0.4, -0.2) is 73.5 Å². The van der Waals surface area contributed by atoms with E-state index in [2.05, 4.69) is 20.4 Å². The van der Waals surface area contributed by atoms with Gasteiger partial charge < -0.3 is 15.4 Å². The van der Waals surface area contributed by atoms with Crippen LogP contribution in [0, 0.1) is 0 Å². The fourth-order valence-electron chi connectivity index (χ4n) is 3.98. The second kappa shape index (κ2) is 11.3. The Bertz CT molecular complexity index is 901. The number of hydrogen-bond acceptors (Lipinski definition) is 5. The van der Waals surface area contributed by atoms with Crippen molar-refractivity contribution < 1.29 is 14.3 Å². The van der Waals surface area contributed by atoms with Gasteiger partial charge in [-0.1, -0.05) is 42.5 Å². The predicted molar refractivity (Wildman–Crippen MR) is 130 cm³/mol. The van der Waals surface area contributed by atoms with Crippen molar-refractivity contribution in [1.82, 2.24) is 20.4 Å². The topological polar surface area (TPSA) is 73.9 Å². The zero-order valence-corrected chi connectivity index (χ0v) is 20.1. The minimum atomic E-state index is -0.230. The van der Waals surface area contributed by atoms with E-state index in [0.717, 1.165) is 43.1 Å². The molecule has 1 saturated heterocycles. The second-order valence-corrected chi connectivity index (χ2v) is 9.53. The average Bonchev–Trinajstić information content (AvgIpc) is 2.78. The number of rotatable bonds is 8. The molecule has 1 aliphatic heterocycles. The second-order valence-electron chi connectivity index (χ2n) is 9.53. The van der Waals surface area contributed by atoms with Crippen LogP contribution in [0.15, 0.2) is 54.6 Å². The lowest BCUT2D eigenvalue weighted by molar-refractivity contribution is -0.126. The number of ether oxygens (including phenoxy) is 1. The summed E-state index contributed by atoms with van der Waals surface area (Å²) in [7, 11) is 1.64. The van der Waals surface area contributed by atoms with E-state index in [4.69, 9.17) is 4.74 Å². The number of piperazine rings is 1. The van der Waals surface area contributed by atoms with Gasteiger partial charge in [-0.25, -0.2) is 0 Å². The highest BCUT2D eigenvalue weighted by molar-refractivity contribution is 5.79. The van der Waals surface area contributed by atoms with Gasteiger partial charge in [0.25, 0.3) is 0 Å². The third kappa shape index (κ3) is 7.87. The van der Waals surface area contributed by atoms with E-state index in [1.807, 2.05) is 75.4 Å². The average molecular weight is 453 g/mol. The number of methoxy groups -OCH3 is 1. The van der Waals surface area contributed by atoms with E-state index in [1.54, 1.807) is 7.11 Å². The van der Waals surface area contributed by atoms with Gasteiger partial charge >= 0.3 is 0 Å². The molecule has 1 heterocycles. The van der Waals surface area contributed by atoms with Crippen molar-refractivity contribution in [3.05, 3.63) is 65.7 Å². The molecule has 0 spiro atoms. The molecule has 0 saturated carbocycles. The molecule has 2 amide bonds. The van der Waals surface area contributed by atoms with Crippen LogP contribution in [0.5, 0.6) is 5.75 Å². The number of carbonyl (C=O) groups is 2. The first-order chi connectivity index (χ1) is 15.7. The molecule has 0 unspecified atom stereocenters. The number of carbonyl (C=O) groups excluding carboxylic acids is 2. The van der Waals surface area contributed by atoms with Gasteiger partial charge in [0.2, 0.25) is 11.8 Å². The maximum absolute atomic E-state index is 13.0. The molecule has 1 aliphatic rings. The first kappa shape index (κ1) is 24.7. The number of benzene rings is 2. The summed E-state index contributed by atoms with van der Waals surface area (Å²) in [6.45, 7) is 9.73. The van der Waals surface area contributed by atoms with Gasteiger partial charge in [0.15, 0.2) is 0 Å². The van der Waals surface area contributed by atoms with Gasteiger partial charge in [0, 0.05) is 31.7 Å². The Hall–Kier alpha value is -2.90. The third-order valence-corrected chi connectivity index (χ3v) is 5.60. The molecule has 7 nitrogen and oxygen atoms in total. The fourth-order valence-corrected chi connectivity index (χ4v) is 3.98. The Kier molecular flexibility index (Phi) is 8.47. The minimum absolute atomic E-state index is 0.0152. The highest BCUT2D eigenvalue weighted by Crippen LogP contribution is 2.24. The van der Waals surface area contributed by atoms with Crippen molar-refractivity contribution in [2.75, 3.05) is 46.4 Å². The summed E-state index contributed by atoms with van der Waals surface area (Å²) in [4.78, 5) is 29.4. The van der Waals surface area contributed by atoms with Crippen molar-refractivity contribution in [2.45, 2.75) is 32.4 Å². The van der Waals surface area contributed by atoms with Gasteiger partial charge in [-0.3, -0.25) is 19.4 Å². The Labute approximate surface area is 197 Å². The van der Waals surface area contributed by atoms with E-state index < -0.39 is 0 Å². The summed E-state index contributed by atoms with van der Waals surface area (Å²) in [5, 5.41) is 6.21. The molecule has 2 N–H and O–H groups in total.